The fourth-order valence-electron chi connectivity index (χ4n) is 3.78. The van der Waals surface area contributed by atoms with Crippen LogP contribution in [0.15, 0.2) is 59.0 Å². The smallest absolute Gasteiger partial charge is 0.263 e. The predicted octanol–water partition coefficient (Wildman–Crippen LogP) is 3.90. The summed E-state index contributed by atoms with van der Waals surface area (Å²) in [5, 5.41) is 5.30. The van der Waals surface area contributed by atoms with Crippen LogP contribution in [-0.2, 0) is 17.8 Å². The van der Waals surface area contributed by atoms with Crippen molar-refractivity contribution < 1.29 is 19.0 Å². The van der Waals surface area contributed by atoms with E-state index in [2.05, 4.69) is 10.3 Å². The third-order valence-corrected chi connectivity index (χ3v) is 6.42. The molecule has 4 rings (SSSR count). The van der Waals surface area contributed by atoms with E-state index in [1.54, 1.807) is 14.2 Å². The number of hydrogen-bond acceptors (Lipinski definition) is 7. The van der Waals surface area contributed by atoms with Crippen molar-refractivity contribution in [1.29, 1.82) is 0 Å². The Morgan fingerprint density at radius 2 is 1.86 bits per heavy atom. The van der Waals surface area contributed by atoms with Crippen LogP contribution in [0.5, 0.6) is 17.2 Å². The summed E-state index contributed by atoms with van der Waals surface area (Å²) in [7, 11) is 3.17. The number of benzene rings is 2. The number of amides is 1. The highest BCUT2D eigenvalue weighted by atomic mass is 32.1. The minimum Gasteiger partial charge on any atom is -0.494 e. The minimum atomic E-state index is -0.258. The van der Waals surface area contributed by atoms with E-state index in [9.17, 15) is 9.59 Å². The monoisotopic (exact) mass is 493 g/mol. The standard InChI is InChI=1S/C26H27N3O5S/c1-4-34-19-8-6-18(7-9-19)20-15-35-25-24(20)26(31)29(16-28-25)14-23(30)27-12-11-17-5-10-21(32-2)22(13-17)33-3/h5-10,13,15-16H,4,11-12,14H2,1-3H3,(H,27,30). The number of rotatable bonds is 10. The number of fused-ring (bicyclic) bond motifs is 1. The second kappa shape index (κ2) is 11.1. The molecule has 4 aromatic rings. The zero-order valence-electron chi connectivity index (χ0n) is 19.9. The van der Waals surface area contributed by atoms with Crippen LogP contribution in [0.25, 0.3) is 21.3 Å². The van der Waals surface area contributed by atoms with Gasteiger partial charge in [-0.2, -0.15) is 0 Å². The molecule has 2 aromatic heterocycles. The molecular weight excluding hydrogens is 466 g/mol. The van der Waals surface area contributed by atoms with Gasteiger partial charge in [-0.15, -0.1) is 11.3 Å². The lowest BCUT2D eigenvalue weighted by atomic mass is 10.1. The summed E-state index contributed by atoms with van der Waals surface area (Å²) in [5.41, 5.74) is 2.46. The Balaban J connectivity index is 1.44. The molecule has 0 atom stereocenters. The Kier molecular flexibility index (Phi) is 7.67. The molecule has 0 aliphatic rings. The molecule has 182 valence electrons. The largest absolute Gasteiger partial charge is 0.494 e. The van der Waals surface area contributed by atoms with Crippen LogP contribution in [0.4, 0.5) is 0 Å². The molecule has 0 bridgehead atoms. The van der Waals surface area contributed by atoms with Gasteiger partial charge in [-0.3, -0.25) is 14.2 Å². The van der Waals surface area contributed by atoms with Gasteiger partial charge in [0.05, 0.1) is 32.5 Å². The first-order chi connectivity index (χ1) is 17.0. The van der Waals surface area contributed by atoms with Crippen molar-refractivity contribution in [1.82, 2.24) is 14.9 Å². The van der Waals surface area contributed by atoms with Gasteiger partial charge in [0.15, 0.2) is 11.5 Å². The van der Waals surface area contributed by atoms with E-state index in [1.807, 2.05) is 54.8 Å². The predicted molar refractivity (Wildman–Crippen MR) is 137 cm³/mol. The van der Waals surface area contributed by atoms with Gasteiger partial charge in [-0.1, -0.05) is 18.2 Å². The maximum Gasteiger partial charge on any atom is 0.263 e. The molecule has 35 heavy (non-hydrogen) atoms. The number of nitrogens with zero attached hydrogens (tertiary/aromatic N) is 2. The Morgan fingerprint density at radius 3 is 2.57 bits per heavy atom. The van der Waals surface area contributed by atoms with E-state index in [-0.39, 0.29) is 18.0 Å². The molecule has 0 unspecified atom stereocenters. The number of aromatic nitrogens is 2. The molecule has 0 radical (unpaired) electrons. The normalized spacial score (nSPS) is 10.8. The second-order valence-electron chi connectivity index (χ2n) is 7.75. The summed E-state index contributed by atoms with van der Waals surface area (Å²) >= 11 is 1.41. The highest BCUT2D eigenvalue weighted by molar-refractivity contribution is 7.17. The molecule has 2 heterocycles. The molecular formula is C26H27N3O5S. The van der Waals surface area contributed by atoms with E-state index in [4.69, 9.17) is 14.2 Å². The molecule has 0 fully saturated rings. The SMILES string of the molecule is CCOc1ccc(-c2csc3ncn(CC(=O)NCCc4ccc(OC)c(OC)c4)c(=O)c23)cc1. The van der Waals surface area contributed by atoms with Crippen LogP contribution in [0, 0.1) is 0 Å². The molecule has 1 N–H and O–H groups in total. The van der Waals surface area contributed by atoms with Crippen molar-refractivity contribution in [2.45, 2.75) is 19.9 Å². The number of hydrogen-bond donors (Lipinski definition) is 1. The molecule has 1 amide bonds. The van der Waals surface area contributed by atoms with Gasteiger partial charge in [-0.05, 0) is 48.7 Å². The Morgan fingerprint density at radius 1 is 1.09 bits per heavy atom. The third-order valence-electron chi connectivity index (χ3n) is 5.53. The summed E-state index contributed by atoms with van der Waals surface area (Å²) in [6.45, 7) is 2.84. The Hall–Kier alpha value is -3.85. The van der Waals surface area contributed by atoms with Crippen LogP contribution < -0.4 is 25.1 Å². The van der Waals surface area contributed by atoms with Gasteiger partial charge in [0, 0.05) is 17.5 Å². The number of carbonyl (C=O) groups is 1. The van der Waals surface area contributed by atoms with Crippen molar-refractivity contribution in [3.63, 3.8) is 0 Å². The van der Waals surface area contributed by atoms with E-state index < -0.39 is 0 Å². The maximum absolute atomic E-state index is 13.2. The van der Waals surface area contributed by atoms with Crippen molar-refractivity contribution in [3.8, 4) is 28.4 Å². The van der Waals surface area contributed by atoms with Crippen LogP contribution >= 0.6 is 11.3 Å². The van der Waals surface area contributed by atoms with Crippen molar-refractivity contribution in [2.24, 2.45) is 0 Å². The average Bonchev–Trinajstić information content (AvgIpc) is 3.31. The molecule has 8 nitrogen and oxygen atoms in total. The maximum atomic E-state index is 13.2. The number of ether oxygens (including phenoxy) is 3. The van der Waals surface area contributed by atoms with Gasteiger partial charge in [0.25, 0.3) is 5.56 Å². The van der Waals surface area contributed by atoms with Crippen LogP contribution in [-0.4, -0.2) is 42.8 Å². The lowest BCUT2D eigenvalue weighted by Crippen LogP contribution is -2.33. The fourth-order valence-corrected chi connectivity index (χ4v) is 4.69. The summed E-state index contributed by atoms with van der Waals surface area (Å²) in [6.07, 6.45) is 2.04. The first kappa shape index (κ1) is 24.3. The van der Waals surface area contributed by atoms with Crippen LogP contribution in [0.1, 0.15) is 12.5 Å². The Labute approximate surface area is 207 Å². The van der Waals surface area contributed by atoms with Gasteiger partial charge < -0.3 is 19.5 Å². The second-order valence-corrected chi connectivity index (χ2v) is 8.61. The van der Waals surface area contributed by atoms with Gasteiger partial charge >= 0.3 is 0 Å². The average molecular weight is 494 g/mol. The number of methoxy groups -OCH3 is 2. The lowest BCUT2D eigenvalue weighted by molar-refractivity contribution is -0.121. The van der Waals surface area contributed by atoms with Crippen molar-refractivity contribution in [2.75, 3.05) is 27.4 Å². The molecule has 0 saturated heterocycles. The first-order valence-corrected chi connectivity index (χ1v) is 12.1. The topological polar surface area (TPSA) is 91.7 Å². The molecule has 0 spiro atoms. The third kappa shape index (κ3) is 5.46. The highest BCUT2D eigenvalue weighted by Gasteiger charge is 2.15. The van der Waals surface area contributed by atoms with Crippen molar-refractivity contribution in [3.05, 3.63) is 70.1 Å². The molecule has 9 heteroatoms. The quantitative estimate of drug-likeness (QED) is 0.360. The van der Waals surface area contributed by atoms with E-state index in [0.717, 1.165) is 22.4 Å². The number of thiophene rings is 1. The minimum absolute atomic E-state index is 0.105. The van der Waals surface area contributed by atoms with Crippen molar-refractivity contribution >= 4 is 27.5 Å². The fraction of sp³-hybridized carbons (Fsp3) is 0.269. The molecule has 2 aromatic carbocycles. The summed E-state index contributed by atoms with van der Waals surface area (Å²) in [6, 6.07) is 13.2. The van der Waals surface area contributed by atoms with Crippen LogP contribution in [0.3, 0.4) is 0 Å². The summed E-state index contributed by atoms with van der Waals surface area (Å²) in [5.74, 6) is 1.81. The highest BCUT2D eigenvalue weighted by Crippen LogP contribution is 2.31. The van der Waals surface area contributed by atoms with Gasteiger partial charge in [0.1, 0.15) is 17.1 Å². The van der Waals surface area contributed by atoms with Gasteiger partial charge in [0.2, 0.25) is 5.91 Å². The zero-order valence-corrected chi connectivity index (χ0v) is 20.7. The number of carbonyl (C=O) groups excluding carboxylic acids is 1. The number of nitrogens with one attached hydrogen (secondary N) is 1. The molecule has 0 aliphatic carbocycles. The first-order valence-electron chi connectivity index (χ1n) is 11.2. The molecule has 0 aliphatic heterocycles. The van der Waals surface area contributed by atoms with Gasteiger partial charge in [-0.25, -0.2) is 4.98 Å². The summed E-state index contributed by atoms with van der Waals surface area (Å²) < 4.78 is 17.4. The van der Waals surface area contributed by atoms with Crippen LogP contribution in [0.2, 0.25) is 0 Å². The van der Waals surface area contributed by atoms with E-state index in [0.29, 0.717) is 41.3 Å². The Bertz CT molecular complexity index is 1380. The lowest BCUT2D eigenvalue weighted by Gasteiger charge is -2.10. The van der Waals surface area contributed by atoms with E-state index >= 15 is 0 Å². The molecule has 0 saturated carbocycles. The van der Waals surface area contributed by atoms with E-state index in [1.165, 1.54) is 22.2 Å². The zero-order chi connectivity index (χ0) is 24.8. The summed E-state index contributed by atoms with van der Waals surface area (Å²) in [4.78, 5) is 30.8.